The zero-order chi connectivity index (χ0) is 9.97. The fourth-order valence-corrected chi connectivity index (χ4v) is 1.86. The van der Waals surface area contributed by atoms with E-state index in [-0.39, 0.29) is 31.1 Å². The van der Waals surface area contributed by atoms with Gasteiger partial charge < -0.3 is 19.5 Å². The van der Waals surface area contributed by atoms with Crippen molar-refractivity contribution in [2.45, 2.75) is 38.2 Å². The van der Waals surface area contributed by atoms with Crippen molar-refractivity contribution >= 4 is 5.91 Å². The summed E-state index contributed by atoms with van der Waals surface area (Å²) >= 11 is 0. The molecule has 1 N–H and O–H groups in total. The highest BCUT2D eigenvalue weighted by atomic mass is 16.7. The molecule has 0 aromatic heterocycles. The van der Waals surface area contributed by atoms with Crippen LogP contribution in [0.5, 0.6) is 0 Å². The van der Waals surface area contributed by atoms with E-state index >= 15 is 0 Å². The van der Waals surface area contributed by atoms with Crippen molar-refractivity contribution < 1.29 is 19.0 Å². The minimum Gasteiger partial charge on any atom is -0.371 e. The summed E-state index contributed by atoms with van der Waals surface area (Å²) in [6.07, 6.45) is 1.54. The van der Waals surface area contributed by atoms with E-state index in [2.05, 4.69) is 5.32 Å². The molecule has 5 nitrogen and oxygen atoms in total. The molecule has 14 heavy (non-hydrogen) atoms. The maximum atomic E-state index is 10.9. The largest absolute Gasteiger partial charge is 0.371 e. The molecule has 2 fully saturated rings. The monoisotopic (exact) mass is 201 g/mol. The fourth-order valence-electron chi connectivity index (χ4n) is 1.86. The molecule has 80 valence electrons. The van der Waals surface area contributed by atoms with Gasteiger partial charge in [-0.05, 0) is 12.8 Å². The summed E-state index contributed by atoms with van der Waals surface area (Å²) in [5, 5.41) is 2.71. The number of amides is 1. The van der Waals surface area contributed by atoms with Crippen LogP contribution < -0.4 is 5.32 Å². The first-order chi connectivity index (χ1) is 6.77. The molecule has 0 aromatic rings. The average Bonchev–Trinajstić information content (AvgIpc) is 2.18. The Kier molecular flexibility index (Phi) is 3.00. The summed E-state index contributed by atoms with van der Waals surface area (Å²) in [4.78, 5) is 10.9. The molecule has 0 bridgehead atoms. The zero-order valence-corrected chi connectivity index (χ0v) is 8.19. The van der Waals surface area contributed by atoms with Crippen molar-refractivity contribution in [3.05, 3.63) is 0 Å². The van der Waals surface area contributed by atoms with Gasteiger partial charge in [-0.15, -0.1) is 0 Å². The van der Waals surface area contributed by atoms with Crippen LogP contribution >= 0.6 is 0 Å². The molecule has 2 aliphatic heterocycles. The summed E-state index contributed by atoms with van der Waals surface area (Å²) in [7, 11) is 0. The lowest BCUT2D eigenvalue weighted by Crippen LogP contribution is -2.56. The van der Waals surface area contributed by atoms with Crippen LogP contribution in [0.3, 0.4) is 0 Å². The highest BCUT2D eigenvalue weighted by Gasteiger charge is 2.38. The SMILES string of the molecule is CC(=O)NC1OCOC2CCCOC21. The van der Waals surface area contributed by atoms with Crippen LogP contribution in [0.4, 0.5) is 0 Å². The summed E-state index contributed by atoms with van der Waals surface area (Å²) in [5.41, 5.74) is 0. The van der Waals surface area contributed by atoms with Gasteiger partial charge in [0.15, 0.2) is 6.23 Å². The Labute approximate surface area is 82.7 Å². The minimum atomic E-state index is -0.355. The van der Waals surface area contributed by atoms with Gasteiger partial charge in [0.1, 0.15) is 12.9 Å². The molecular formula is C9H15NO4. The highest BCUT2D eigenvalue weighted by molar-refractivity contribution is 5.73. The molecule has 0 radical (unpaired) electrons. The van der Waals surface area contributed by atoms with E-state index < -0.39 is 0 Å². The summed E-state index contributed by atoms with van der Waals surface area (Å²) < 4.78 is 16.2. The minimum absolute atomic E-state index is 0.0642. The predicted octanol–water partition coefficient (Wildman–Crippen LogP) is 0.000500. The number of carbonyl (C=O) groups excluding carboxylic acids is 1. The lowest BCUT2D eigenvalue weighted by atomic mass is 10.0. The third kappa shape index (κ3) is 2.05. The standard InChI is InChI=1S/C9H15NO4/c1-6(11)10-9-8-7(13-5-14-9)3-2-4-12-8/h7-9H,2-5H2,1H3,(H,10,11). The molecule has 5 heteroatoms. The van der Waals surface area contributed by atoms with E-state index in [4.69, 9.17) is 14.2 Å². The van der Waals surface area contributed by atoms with Gasteiger partial charge in [0.05, 0.1) is 6.10 Å². The van der Waals surface area contributed by atoms with Gasteiger partial charge in [0, 0.05) is 13.5 Å². The van der Waals surface area contributed by atoms with Crippen molar-refractivity contribution in [3.63, 3.8) is 0 Å². The number of hydrogen-bond donors (Lipinski definition) is 1. The second-order valence-electron chi connectivity index (χ2n) is 3.59. The van der Waals surface area contributed by atoms with Crippen molar-refractivity contribution in [2.75, 3.05) is 13.4 Å². The van der Waals surface area contributed by atoms with E-state index in [1.54, 1.807) is 0 Å². The van der Waals surface area contributed by atoms with Gasteiger partial charge in [0.2, 0.25) is 5.91 Å². The first-order valence-electron chi connectivity index (χ1n) is 4.89. The number of fused-ring (bicyclic) bond motifs is 1. The number of carbonyl (C=O) groups is 1. The molecule has 0 saturated carbocycles. The first-order valence-corrected chi connectivity index (χ1v) is 4.89. The Morgan fingerprint density at radius 2 is 2.21 bits per heavy atom. The predicted molar refractivity (Wildman–Crippen MR) is 47.4 cm³/mol. The third-order valence-electron chi connectivity index (χ3n) is 2.48. The summed E-state index contributed by atoms with van der Waals surface area (Å²) in [6.45, 7) is 2.41. The molecule has 3 unspecified atom stereocenters. The van der Waals surface area contributed by atoms with E-state index in [9.17, 15) is 4.79 Å². The molecule has 0 aliphatic carbocycles. The van der Waals surface area contributed by atoms with E-state index in [0.29, 0.717) is 6.61 Å². The molecule has 0 aromatic carbocycles. The molecule has 1 amide bonds. The van der Waals surface area contributed by atoms with Crippen LogP contribution in [-0.2, 0) is 19.0 Å². The van der Waals surface area contributed by atoms with Crippen LogP contribution in [0.25, 0.3) is 0 Å². The molecular weight excluding hydrogens is 186 g/mol. The van der Waals surface area contributed by atoms with Gasteiger partial charge in [-0.3, -0.25) is 4.79 Å². The normalized spacial score (nSPS) is 37.4. The van der Waals surface area contributed by atoms with Crippen LogP contribution in [0.2, 0.25) is 0 Å². The second kappa shape index (κ2) is 4.25. The van der Waals surface area contributed by atoms with Crippen molar-refractivity contribution in [1.29, 1.82) is 0 Å². The van der Waals surface area contributed by atoms with Crippen molar-refractivity contribution in [3.8, 4) is 0 Å². The molecule has 2 saturated heterocycles. The Hall–Kier alpha value is -0.650. The van der Waals surface area contributed by atoms with Crippen LogP contribution in [0.15, 0.2) is 0 Å². The van der Waals surface area contributed by atoms with E-state index in [1.165, 1.54) is 6.92 Å². The van der Waals surface area contributed by atoms with Crippen molar-refractivity contribution in [1.82, 2.24) is 5.32 Å². The Balaban J connectivity index is 1.97. The summed E-state index contributed by atoms with van der Waals surface area (Å²) in [5.74, 6) is -0.107. The number of hydrogen-bond acceptors (Lipinski definition) is 4. The topological polar surface area (TPSA) is 56.8 Å². The first kappa shape index (κ1) is 9.89. The smallest absolute Gasteiger partial charge is 0.218 e. The third-order valence-corrected chi connectivity index (χ3v) is 2.48. The highest BCUT2D eigenvalue weighted by Crippen LogP contribution is 2.24. The van der Waals surface area contributed by atoms with Gasteiger partial charge >= 0.3 is 0 Å². The lowest BCUT2D eigenvalue weighted by Gasteiger charge is -2.40. The maximum Gasteiger partial charge on any atom is 0.218 e. The van der Waals surface area contributed by atoms with Gasteiger partial charge in [0.25, 0.3) is 0 Å². The van der Waals surface area contributed by atoms with Gasteiger partial charge in [-0.1, -0.05) is 0 Å². The average molecular weight is 201 g/mol. The fraction of sp³-hybridized carbons (Fsp3) is 0.889. The lowest BCUT2D eigenvalue weighted by molar-refractivity contribution is -0.262. The van der Waals surface area contributed by atoms with Crippen LogP contribution in [0, 0.1) is 0 Å². The van der Waals surface area contributed by atoms with Gasteiger partial charge in [-0.2, -0.15) is 0 Å². The molecule has 2 heterocycles. The van der Waals surface area contributed by atoms with Gasteiger partial charge in [-0.25, -0.2) is 0 Å². The Bertz CT molecular complexity index is 219. The Morgan fingerprint density at radius 3 is 3.00 bits per heavy atom. The van der Waals surface area contributed by atoms with E-state index in [0.717, 1.165) is 12.8 Å². The number of nitrogens with one attached hydrogen (secondary N) is 1. The molecule has 2 aliphatic rings. The van der Waals surface area contributed by atoms with E-state index in [1.807, 2.05) is 0 Å². The Morgan fingerprint density at radius 1 is 1.36 bits per heavy atom. The maximum absolute atomic E-state index is 10.9. The number of ether oxygens (including phenoxy) is 3. The van der Waals surface area contributed by atoms with Crippen LogP contribution in [-0.4, -0.2) is 37.7 Å². The molecule has 0 spiro atoms. The molecule has 3 atom stereocenters. The number of rotatable bonds is 1. The quantitative estimate of drug-likeness (QED) is 0.648. The molecule has 2 rings (SSSR count). The van der Waals surface area contributed by atoms with Crippen LogP contribution in [0.1, 0.15) is 19.8 Å². The summed E-state index contributed by atoms with van der Waals surface area (Å²) in [6, 6.07) is 0. The zero-order valence-electron chi connectivity index (χ0n) is 8.19. The van der Waals surface area contributed by atoms with Crippen molar-refractivity contribution in [2.24, 2.45) is 0 Å². The second-order valence-corrected chi connectivity index (χ2v) is 3.59.